The van der Waals surface area contributed by atoms with E-state index in [2.05, 4.69) is 0 Å². The van der Waals surface area contributed by atoms with Crippen molar-refractivity contribution in [2.45, 2.75) is 59.8 Å². The van der Waals surface area contributed by atoms with E-state index in [1.165, 1.54) is 30.1 Å². The van der Waals surface area contributed by atoms with Crippen molar-refractivity contribution in [2.75, 3.05) is 0 Å². The minimum absolute atomic E-state index is 0. The van der Waals surface area contributed by atoms with E-state index in [0.717, 1.165) is 0 Å². The third kappa shape index (κ3) is 2.27. The fourth-order valence-electron chi connectivity index (χ4n) is 2.84. The summed E-state index contributed by atoms with van der Waals surface area (Å²) >= 11 is 0. The minimum Gasteiger partial charge on any atom is -0.0776 e. The number of hydrogen-bond acceptors (Lipinski definition) is 0. The van der Waals surface area contributed by atoms with E-state index >= 15 is 0 Å². The summed E-state index contributed by atoms with van der Waals surface area (Å²) in [4.78, 5) is 0. The van der Waals surface area contributed by atoms with Crippen molar-refractivity contribution in [1.29, 1.82) is 0 Å². The maximum atomic E-state index is 1.58. The molecule has 4 rings (SSSR count). The molecule has 0 aromatic carbocycles. The van der Waals surface area contributed by atoms with Gasteiger partial charge in [0.2, 0.25) is 0 Å². The van der Waals surface area contributed by atoms with Crippen LogP contribution < -0.4 is 0 Å². The molecule has 0 nitrogen and oxygen atoms in total. The van der Waals surface area contributed by atoms with Crippen LogP contribution in [-0.2, 0) is 0 Å². The van der Waals surface area contributed by atoms with Gasteiger partial charge in [0.25, 0.3) is 0 Å². The van der Waals surface area contributed by atoms with Crippen molar-refractivity contribution in [3.05, 3.63) is 0 Å². The van der Waals surface area contributed by atoms with Gasteiger partial charge in [-0.2, -0.15) is 0 Å². The molecule has 0 bridgehead atoms. The Morgan fingerprint density at radius 2 is 0.923 bits per heavy atom. The van der Waals surface area contributed by atoms with Crippen LogP contribution in [0.4, 0.5) is 0 Å². The van der Waals surface area contributed by atoms with Gasteiger partial charge in [0.15, 0.2) is 0 Å². The SMILES string of the molecule is C.C.C1CC2CC12.C1CC2CC2C1. The molecule has 4 atom stereocenters. The van der Waals surface area contributed by atoms with Gasteiger partial charge in [-0.25, -0.2) is 0 Å². The maximum Gasteiger partial charge on any atom is -0.0383 e. The van der Waals surface area contributed by atoms with Crippen LogP contribution in [0.5, 0.6) is 0 Å². The van der Waals surface area contributed by atoms with Gasteiger partial charge >= 0.3 is 0 Å². The smallest absolute Gasteiger partial charge is 0.0383 e. The Labute approximate surface area is 84.1 Å². The Hall–Kier alpha value is 0. The van der Waals surface area contributed by atoms with Crippen molar-refractivity contribution >= 4 is 0 Å². The van der Waals surface area contributed by atoms with E-state index in [0.29, 0.717) is 0 Å². The highest BCUT2D eigenvalue weighted by Crippen LogP contribution is 2.55. The van der Waals surface area contributed by atoms with E-state index in [4.69, 9.17) is 0 Å². The second kappa shape index (κ2) is 4.02. The quantitative estimate of drug-likeness (QED) is 0.517. The molecule has 0 spiro atoms. The zero-order valence-electron chi connectivity index (χ0n) is 7.26. The van der Waals surface area contributed by atoms with Gasteiger partial charge in [-0.1, -0.05) is 34.1 Å². The average Bonchev–Trinajstić information content (AvgIpc) is 2.78. The third-order valence-electron chi connectivity index (χ3n) is 4.20. The lowest BCUT2D eigenvalue weighted by molar-refractivity contribution is 0.468. The molecule has 0 aromatic rings. The summed E-state index contributed by atoms with van der Waals surface area (Å²) in [6.07, 6.45) is 10.9. The second-order valence-corrected chi connectivity index (χ2v) is 5.02. The van der Waals surface area contributed by atoms with Gasteiger partial charge in [0.1, 0.15) is 0 Å². The molecule has 4 fully saturated rings. The van der Waals surface area contributed by atoms with Crippen LogP contribution in [0.25, 0.3) is 0 Å². The summed E-state index contributed by atoms with van der Waals surface area (Å²) in [5.74, 6) is 4.89. The molecule has 0 N–H and O–H groups in total. The van der Waals surface area contributed by atoms with Crippen molar-refractivity contribution in [3.63, 3.8) is 0 Å². The van der Waals surface area contributed by atoms with E-state index in [-0.39, 0.29) is 14.9 Å². The van der Waals surface area contributed by atoms with Crippen LogP contribution in [0.1, 0.15) is 59.8 Å². The molecule has 0 heterocycles. The lowest BCUT2D eigenvalue weighted by Crippen LogP contribution is -1.93. The van der Waals surface area contributed by atoms with E-state index < -0.39 is 0 Å². The summed E-state index contributed by atoms with van der Waals surface area (Å²) in [5, 5.41) is 0. The average molecular weight is 182 g/mol. The van der Waals surface area contributed by atoms with Crippen molar-refractivity contribution in [2.24, 2.45) is 23.7 Å². The Balaban J connectivity index is 0.000000114. The minimum atomic E-state index is 0. The van der Waals surface area contributed by atoms with Gasteiger partial charge in [-0.3, -0.25) is 0 Å². The Kier molecular flexibility index (Phi) is 3.43. The molecule has 13 heavy (non-hydrogen) atoms. The Bertz CT molecular complexity index is 141. The van der Waals surface area contributed by atoms with Crippen LogP contribution >= 0.6 is 0 Å². The highest BCUT2D eigenvalue weighted by molar-refractivity contribution is 4.95. The molecule has 0 radical (unpaired) electrons. The fraction of sp³-hybridized carbons (Fsp3) is 1.00. The molecule has 4 aliphatic rings. The maximum absolute atomic E-state index is 1.58. The van der Waals surface area contributed by atoms with Crippen LogP contribution in [-0.4, -0.2) is 0 Å². The fourth-order valence-corrected chi connectivity index (χ4v) is 2.84. The van der Waals surface area contributed by atoms with Gasteiger partial charge in [-0.15, -0.1) is 0 Å². The van der Waals surface area contributed by atoms with Gasteiger partial charge in [0, 0.05) is 0 Å². The molecule has 4 aliphatic carbocycles. The van der Waals surface area contributed by atoms with Crippen LogP contribution in [0, 0.1) is 23.7 Å². The van der Waals surface area contributed by atoms with Crippen LogP contribution in [0.3, 0.4) is 0 Å². The molecule has 0 heteroatoms. The zero-order chi connectivity index (χ0) is 7.26. The van der Waals surface area contributed by atoms with Crippen molar-refractivity contribution in [1.82, 2.24) is 0 Å². The molecule has 0 aliphatic heterocycles. The molecule has 0 aromatic heterocycles. The van der Waals surface area contributed by atoms with Crippen molar-refractivity contribution in [3.8, 4) is 0 Å². The first kappa shape index (κ1) is 11.1. The first-order valence-electron chi connectivity index (χ1n) is 5.43. The Morgan fingerprint density at radius 3 is 1.00 bits per heavy atom. The van der Waals surface area contributed by atoms with Gasteiger partial charge < -0.3 is 0 Å². The van der Waals surface area contributed by atoms with E-state index in [9.17, 15) is 0 Å². The summed E-state index contributed by atoms with van der Waals surface area (Å²) in [7, 11) is 0. The Morgan fingerprint density at radius 1 is 0.538 bits per heavy atom. The van der Waals surface area contributed by atoms with Gasteiger partial charge in [-0.05, 0) is 49.4 Å². The summed E-state index contributed by atoms with van der Waals surface area (Å²) in [5.41, 5.74) is 0. The van der Waals surface area contributed by atoms with E-state index in [1.54, 1.807) is 38.5 Å². The highest BCUT2D eigenvalue weighted by atomic mass is 14.5. The van der Waals surface area contributed by atoms with Crippen LogP contribution in [0.15, 0.2) is 0 Å². The highest BCUT2D eigenvalue weighted by Gasteiger charge is 2.44. The predicted octanol–water partition coefficient (Wildman–Crippen LogP) is 4.49. The molecular weight excluding hydrogens is 156 g/mol. The number of rotatable bonds is 0. The summed E-state index contributed by atoms with van der Waals surface area (Å²) in [6.45, 7) is 0. The molecule has 0 amide bonds. The van der Waals surface area contributed by atoms with Gasteiger partial charge in [0.05, 0.1) is 0 Å². The predicted molar refractivity (Wildman–Crippen MR) is 59.7 cm³/mol. The molecule has 4 unspecified atom stereocenters. The summed E-state index contributed by atoms with van der Waals surface area (Å²) < 4.78 is 0. The number of fused-ring (bicyclic) bond motifs is 2. The lowest BCUT2D eigenvalue weighted by Gasteiger charge is -2.04. The normalized spacial score (nSPS) is 46.2. The van der Waals surface area contributed by atoms with Crippen molar-refractivity contribution < 1.29 is 0 Å². The monoisotopic (exact) mass is 182 g/mol. The zero-order valence-corrected chi connectivity index (χ0v) is 7.26. The summed E-state index contributed by atoms with van der Waals surface area (Å²) in [6, 6.07) is 0. The molecular formula is C13H26. The molecule has 78 valence electrons. The second-order valence-electron chi connectivity index (χ2n) is 5.02. The topological polar surface area (TPSA) is 0 Å². The van der Waals surface area contributed by atoms with Crippen LogP contribution in [0.2, 0.25) is 0 Å². The first-order chi connectivity index (χ1) is 5.43. The molecule has 4 saturated carbocycles. The third-order valence-corrected chi connectivity index (χ3v) is 4.20. The lowest BCUT2D eigenvalue weighted by atomic mass is 10.0. The largest absolute Gasteiger partial charge is 0.0776 e. The standard InChI is InChI=1S/C6H10.C5H8.2CH4/c1-2-5-4-6(5)3-1;1-2-5-3-4(1)5;;/h5-6H,1-4H2;4-5H,1-3H2;2*1H4. The molecule has 0 saturated heterocycles. The number of hydrogen-bond donors (Lipinski definition) is 0. The first-order valence-corrected chi connectivity index (χ1v) is 5.43. The van der Waals surface area contributed by atoms with E-state index in [1.807, 2.05) is 0 Å².